The molecule has 0 radical (unpaired) electrons. The zero-order valence-electron chi connectivity index (χ0n) is 20.2. The lowest BCUT2D eigenvalue weighted by Crippen LogP contribution is -2.39. The zero-order chi connectivity index (χ0) is 25.3. The molecule has 0 bridgehead atoms. The Labute approximate surface area is 208 Å². The number of aliphatic hydroxyl groups is 1. The van der Waals surface area contributed by atoms with Crippen LogP contribution in [0.15, 0.2) is 54.7 Å². The van der Waals surface area contributed by atoms with Gasteiger partial charge < -0.3 is 15.7 Å². The lowest BCUT2D eigenvalue weighted by atomic mass is 10.0. The number of piperidine rings is 1. The highest BCUT2D eigenvalue weighted by Gasteiger charge is 2.34. The number of benzene rings is 1. The first kappa shape index (κ1) is 24.3. The summed E-state index contributed by atoms with van der Waals surface area (Å²) in [5.41, 5.74) is 10.9. The van der Waals surface area contributed by atoms with Gasteiger partial charge in [-0.05, 0) is 42.8 Å². The number of nitrogens with two attached hydrogens (primary N) is 1. The van der Waals surface area contributed by atoms with Crippen molar-refractivity contribution in [3.05, 3.63) is 66.1 Å². The molecule has 0 amide bonds. The summed E-state index contributed by atoms with van der Waals surface area (Å²) >= 11 is 0. The highest BCUT2D eigenvalue weighted by molar-refractivity contribution is 5.96. The summed E-state index contributed by atoms with van der Waals surface area (Å²) in [4.78, 5) is 11.4. The summed E-state index contributed by atoms with van der Waals surface area (Å²) < 4.78 is 29.6. The summed E-state index contributed by atoms with van der Waals surface area (Å²) in [6, 6.07) is 15.0. The van der Waals surface area contributed by atoms with Crippen molar-refractivity contribution in [1.82, 2.24) is 19.7 Å². The summed E-state index contributed by atoms with van der Waals surface area (Å²) in [7, 11) is 0. The molecule has 0 spiro atoms. The average molecular weight is 493 g/mol. The van der Waals surface area contributed by atoms with Gasteiger partial charge in [-0.1, -0.05) is 25.5 Å². The SMILES string of the molecule is CCC[C@H](N)c1cccc(-c2cc(N3CCC(F)(F)CC3)c3cnn(-c4cccc(CO)n4)c3c2)n1. The van der Waals surface area contributed by atoms with E-state index in [1.54, 1.807) is 16.9 Å². The van der Waals surface area contributed by atoms with Crippen molar-refractivity contribution in [2.45, 2.75) is 51.2 Å². The molecule has 4 heterocycles. The molecule has 3 aromatic heterocycles. The Hall–Kier alpha value is -3.43. The van der Waals surface area contributed by atoms with E-state index in [1.165, 1.54) is 0 Å². The van der Waals surface area contributed by atoms with E-state index in [1.807, 2.05) is 47.4 Å². The molecule has 1 aliphatic rings. The normalized spacial score (nSPS) is 16.4. The van der Waals surface area contributed by atoms with Gasteiger partial charge in [-0.2, -0.15) is 5.10 Å². The minimum atomic E-state index is -2.64. The number of hydrogen-bond donors (Lipinski definition) is 2. The Balaban J connectivity index is 1.65. The largest absolute Gasteiger partial charge is 0.390 e. The smallest absolute Gasteiger partial charge is 0.251 e. The van der Waals surface area contributed by atoms with Gasteiger partial charge in [0.05, 0.1) is 35.4 Å². The van der Waals surface area contributed by atoms with Crippen molar-refractivity contribution in [3.63, 3.8) is 0 Å². The standard InChI is InChI=1S/C27H30F2N6O/c1-2-5-21(30)23-8-4-7-22(33-23)18-14-24(34-12-10-27(28,29)11-13-34)20-16-31-35(25(20)15-18)26-9-3-6-19(17-36)32-26/h3-4,6-9,14-16,21,36H,2,5,10-13,17,30H2,1H3/t21-/m0/s1. The van der Waals surface area contributed by atoms with Crippen LogP contribution in [0.25, 0.3) is 28.0 Å². The van der Waals surface area contributed by atoms with Gasteiger partial charge in [-0.15, -0.1) is 0 Å². The highest BCUT2D eigenvalue weighted by atomic mass is 19.3. The van der Waals surface area contributed by atoms with Crippen LogP contribution in [0.4, 0.5) is 14.5 Å². The molecule has 0 aliphatic carbocycles. The van der Waals surface area contributed by atoms with Crippen molar-refractivity contribution in [3.8, 4) is 17.1 Å². The number of aliphatic hydroxyl groups excluding tert-OH is 1. The molecule has 36 heavy (non-hydrogen) atoms. The van der Waals surface area contributed by atoms with Crippen LogP contribution in [0.1, 0.15) is 50.0 Å². The summed E-state index contributed by atoms with van der Waals surface area (Å²) in [6.45, 7) is 2.42. The van der Waals surface area contributed by atoms with E-state index in [0.717, 1.165) is 46.4 Å². The molecule has 5 rings (SSSR count). The van der Waals surface area contributed by atoms with Crippen LogP contribution >= 0.6 is 0 Å². The second-order valence-electron chi connectivity index (χ2n) is 9.32. The van der Waals surface area contributed by atoms with Crippen molar-refractivity contribution in [2.75, 3.05) is 18.0 Å². The van der Waals surface area contributed by atoms with Gasteiger partial charge in [0.2, 0.25) is 0 Å². The Bertz CT molecular complexity index is 1360. The van der Waals surface area contributed by atoms with Crippen molar-refractivity contribution >= 4 is 16.6 Å². The fourth-order valence-corrected chi connectivity index (χ4v) is 4.73. The summed E-state index contributed by atoms with van der Waals surface area (Å²) in [6.07, 6.45) is 3.17. The van der Waals surface area contributed by atoms with E-state index in [-0.39, 0.29) is 38.6 Å². The van der Waals surface area contributed by atoms with Crippen LogP contribution in [0.3, 0.4) is 0 Å². The molecule has 3 N–H and O–H groups in total. The van der Waals surface area contributed by atoms with Gasteiger partial charge in [0.15, 0.2) is 5.82 Å². The zero-order valence-corrected chi connectivity index (χ0v) is 20.2. The first-order valence-corrected chi connectivity index (χ1v) is 12.3. The Morgan fingerprint density at radius 3 is 2.61 bits per heavy atom. The predicted molar refractivity (Wildman–Crippen MR) is 136 cm³/mol. The number of nitrogens with zero attached hydrogens (tertiary/aromatic N) is 5. The van der Waals surface area contributed by atoms with Gasteiger partial charge in [0.25, 0.3) is 5.92 Å². The van der Waals surface area contributed by atoms with Crippen molar-refractivity contribution in [2.24, 2.45) is 5.73 Å². The Kier molecular flexibility index (Phi) is 6.68. The third-order valence-corrected chi connectivity index (χ3v) is 6.72. The van der Waals surface area contributed by atoms with Gasteiger partial charge in [-0.25, -0.2) is 18.4 Å². The number of alkyl halides is 2. The van der Waals surface area contributed by atoms with Gasteiger partial charge in [0.1, 0.15) is 0 Å². The maximum Gasteiger partial charge on any atom is 0.251 e. The van der Waals surface area contributed by atoms with Crippen LogP contribution in [0, 0.1) is 0 Å². The number of rotatable bonds is 7. The molecule has 1 atom stereocenters. The van der Waals surface area contributed by atoms with Crippen LogP contribution in [0.2, 0.25) is 0 Å². The quantitative estimate of drug-likeness (QED) is 0.377. The molecule has 4 aromatic rings. The van der Waals surface area contributed by atoms with E-state index < -0.39 is 5.92 Å². The molecule has 0 unspecified atom stereocenters. The summed E-state index contributed by atoms with van der Waals surface area (Å²) in [5, 5.41) is 15.0. The summed E-state index contributed by atoms with van der Waals surface area (Å²) in [5.74, 6) is -2.08. The van der Waals surface area contributed by atoms with Crippen LogP contribution < -0.4 is 10.6 Å². The highest BCUT2D eigenvalue weighted by Crippen LogP contribution is 2.37. The number of halogens is 2. The topological polar surface area (TPSA) is 93.1 Å². The van der Waals surface area contributed by atoms with E-state index >= 15 is 0 Å². The molecular weight excluding hydrogens is 462 g/mol. The minimum Gasteiger partial charge on any atom is -0.390 e. The van der Waals surface area contributed by atoms with E-state index in [2.05, 4.69) is 17.0 Å². The second kappa shape index (κ2) is 9.91. The molecule has 1 saturated heterocycles. The van der Waals surface area contributed by atoms with Gasteiger partial charge in [0, 0.05) is 48.6 Å². The minimum absolute atomic E-state index is 0.154. The lowest BCUT2D eigenvalue weighted by molar-refractivity contribution is -0.0220. The Morgan fingerprint density at radius 1 is 1.08 bits per heavy atom. The molecular formula is C27H30F2N6O. The predicted octanol–water partition coefficient (Wildman–Crippen LogP) is 5.01. The first-order valence-electron chi connectivity index (χ1n) is 12.3. The lowest BCUT2D eigenvalue weighted by Gasteiger charge is -2.34. The van der Waals surface area contributed by atoms with Crippen LogP contribution in [-0.2, 0) is 6.61 Å². The van der Waals surface area contributed by atoms with E-state index in [9.17, 15) is 13.9 Å². The van der Waals surface area contributed by atoms with Crippen LogP contribution in [-0.4, -0.2) is 43.9 Å². The van der Waals surface area contributed by atoms with E-state index in [0.29, 0.717) is 11.5 Å². The maximum absolute atomic E-state index is 13.9. The van der Waals surface area contributed by atoms with Crippen LogP contribution in [0.5, 0.6) is 0 Å². The molecule has 7 nitrogen and oxygen atoms in total. The molecule has 1 aliphatic heterocycles. The fourth-order valence-electron chi connectivity index (χ4n) is 4.73. The number of aromatic nitrogens is 4. The van der Waals surface area contributed by atoms with Gasteiger partial charge >= 0.3 is 0 Å². The fraction of sp³-hybridized carbons (Fsp3) is 0.370. The molecule has 188 valence electrons. The number of anilines is 1. The molecule has 1 fully saturated rings. The number of hydrogen-bond acceptors (Lipinski definition) is 6. The number of fused-ring (bicyclic) bond motifs is 1. The van der Waals surface area contributed by atoms with Crippen molar-refractivity contribution in [1.29, 1.82) is 0 Å². The van der Waals surface area contributed by atoms with Gasteiger partial charge in [-0.3, -0.25) is 4.98 Å². The third kappa shape index (κ3) is 4.81. The molecule has 1 aromatic carbocycles. The monoisotopic (exact) mass is 492 g/mol. The maximum atomic E-state index is 13.9. The first-order chi connectivity index (χ1) is 17.4. The molecule has 0 saturated carbocycles. The van der Waals surface area contributed by atoms with E-state index in [4.69, 9.17) is 10.7 Å². The molecule has 9 heteroatoms. The third-order valence-electron chi connectivity index (χ3n) is 6.72. The average Bonchev–Trinajstić information content (AvgIpc) is 3.33. The Morgan fingerprint density at radius 2 is 1.86 bits per heavy atom. The number of pyridine rings is 2. The second-order valence-corrected chi connectivity index (χ2v) is 9.32. The van der Waals surface area contributed by atoms with Crippen molar-refractivity contribution < 1.29 is 13.9 Å².